The third-order valence-corrected chi connectivity index (χ3v) is 2.00. The molecule has 1 N–H and O–H groups in total. The van der Waals surface area contributed by atoms with Gasteiger partial charge in [-0.15, -0.1) is 0 Å². The standard InChI is InChI=1S/C11H19NO3/c1-11(2,8-10(14)15)7-5-6-9(13)12(3)4/h5-6H,7-8H2,1-4H3,(H,14,15)/b6-5+. The highest BCUT2D eigenvalue weighted by atomic mass is 16.4. The molecule has 0 bridgehead atoms. The molecular formula is C11H19NO3. The molecule has 0 aliphatic heterocycles. The number of carbonyl (C=O) groups excluding carboxylic acids is 1. The Labute approximate surface area is 90.6 Å². The molecule has 0 unspecified atom stereocenters. The molecule has 1 amide bonds. The number of nitrogens with zero attached hydrogens (tertiary/aromatic N) is 1. The van der Waals surface area contributed by atoms with Crippen LogP contribution in [0.2, 0.25) is 0 Å². The molecule has 4 heteroatoms. The number of amides is 1. The van der Waals surface area contributed by atoms with Crippen LogP contribution in [0.25, 0.3) is 0 Å². The van der Waals surface area contributed by atoms with Crippen LogP contribution in [-0.2, 0) is 9.59 Å². The van der Waals surface area contributed by atoms with E-state index < -0.39 is 5.97 Å². The highest BCUT2D eigenvalue weighted by Crippen LogP contribution is 2.25. The van der Waals surface area contributed by atoms with Crippen LogP contribution in [0.1, 0.15) is 26.7 Å². The maximum absolute atomic E-state index is 11.2. The zero-order chi connectivity index (χ0) is 12.1. The first-order valence-corrected chi connectivity index (χ1v) is 4.84. The minimum atomic E-state index is -0.813. The first-order valence-electron chi connectivity index (χ1n) is 4.84. The predicted octanol–water partition coefficient (Wildman–Crippen LogP) is 1.52. The smallest absolute Gasteiger partial charge is 0.303 e. The average Bonchev–Trinajstić information content (AvgIpc) is 2.00. The van der Waals surface area contributed by atoms with Gasteiger partial charge in [-0.2, -0.15) is 0 Å². The number of carboxylic acids is 1. The summed E-state index contributed by atoms with van der Waals surface area (Å²) < 4.78 is 0. The maximum atomic E-state index is 11.2. The van der Waals surface area contributed by atoms with Gasteiger partial charge < -0.3 is 10.0 Å². The summed E-state index contributed by atoms with van der Waals surface area (Å²) in [7, 11) is 3.35. The Morgan fingerprint density at radius 1 is 1.33 bits per heavy atom. The predicted molar refractivity (Wildman–Crippen MR) is 58.5 cm³/mol. The SMILES string of the molecule is CN(C)C(=O)/C=C/CC(C)(C)CC(=O)O. The number of hydrogen-bond acceptors (Lipinski definition) is 2. The van der Waals surface area contributed by atoms with Crippen molar-refractivity contribution in [3.63, 3.8) is 0 Å². The Bertz CT molecular complexity index is 267. The summed E-state index contributed by atoms with van der Waals surface area (Å²) in [6, 6.07) is 0. The van der Waals surface area contributed by atoms with E-state index in [4.69, 9.17) is 5.11 Å². The second-order valence-electron chi connectivity index (χ2n) is 4.57. The highest BCUT2D eigenvalue weighted by Gasteiger charge is 2.19. The summed E-state index contributed by atoms with van der Waals surface area (Å²) in [5.74, 6) is -0.895. The van der Waals surface area contributed by atoms with Gasteiger partial charge in [0.05, 0.1) is 6.42 Å². The molecule has 0 atom stereocenters. The molecule has 0 heterocycles. The second-order valence-corrected chi connectivity index (χ2v) is 4.57. The Kier molecular flexibility index (Phi) is 5.05. The van der Waals surface area contributed by atoms with Gasteiger partial charge in [0.15, 0.2) is 0 Å². The summed E-state index contributed by atoms with van der Waals surface area (Å²) in [4.78, 5) is 23.2. The van der Waals surface area contributed by atoms with Gasteiger partial charge in [0.25, 0.3) is 0 Å². The lowest BCUT2D eigenvalue weighted by atomic mass is 9.85. The van der Waals surface area contributed by atoms with E-state index in [1.54, 1.807) is 20.2 Å². The van der Waals surface area contributed by atoms with Gasteiger partial charge in [-0.3, -0.25) is 9.59 Å². The van der Waals surface area contributed by atoms with E-state index in [2.05, 4.69) is 0 Å². The largest absolute Gasteiger partial charge is 0.481 e. The van der Waals surface area contributed by atoms with E-state index in [1.807, 2.05) is 13.8 Å². The normalized spacial score (nSPS) is 11.7. The summed E-state index contributed by atoms with van der Waals surface area (Å²) in [6.07, 6.45) is 3.89. The molecule has 0 aromatic heterocycles. The fourth-order valence-corrected chi connectivity index (χ4v) is 1.11. The first kappa shape index (κ1) is 13.7. The molecule has 0 aromatic rings. The van der Waals surface area contributed by atoms with Crippen molar-refractivity contribution in [2.45, 2.75) is 26.7 Å². The number of allylic oxidation sites excluding steroid dienone is 1. The van der Waals surface area contributed by atoms with Gasteiger partial charge >= 0.3 is 5.97 Å². The van der Waals surface area contributed by atoms with Gasteiger partial charge in [0, 0.05) is 14.1 Å². The number of rotatable bonds is 5. The lowest BCUT2D eigenvalue weighted by Gasteiger charge is -2.19. The van der Waals surface area contributed by atoms with E-state index in [1.165, 1.54) is 11.0 Å². The Morgan fingerprint density at radius 3 is 2.27 bits per heavy atom. The molecule has 15 heavy (non-hydrogen) atoms. The molecule has 4 nitrogen and oxygen atoms in total. The zero-order valence-corrected chi connectivity index (χ0v) is 9.78. The van der Waals surface area contributed by atoms with E-state index >= 15 is 0 Å². The van der Waals surface area contributed by atoms with Gasteiger partial charge in [0.2, 0.25) is 5.91 Å². The lowest BCUT2D eigenvalue weighted by Crippen LogP contribution is -2.19. The van der Waals surface area contributed by atoms with Crippen LogP contribution >= 0.6 is 0 Å². The number of aliphatic carboxylic acids is 1. The van der Waals surface area contributed by atoms with Gasteiger partial charge in [-0.05, 0) is 17.9 Å². The maximum Gasteiger partial charge on any atom is 0.303 e. The molecule has 0 aliphatic carbocycles. The first-order chi connectivity index (χ1) is 6.74. The number of carbonyl (C=O) groups is 2. The quantitative estimate of drug-likeness (QED) is 0.704. The molecular weight excluding hydrogens is 194 g/mol. The zero-order valence-electron chi connectivity index (χ0n) is 9.78. The van der Waals surface area contributed by atoms with Gasteiger partial charge in [0.1, 0.15) is 0 Å². The van der Waals surface area contributed by atoms with Crippen LogP contribution in [0.4, 0.5) is 0 Å². The Hall–Kier alpha value is -1.32. The minimum Gasteiger partial charge on any atom is -0.481 e. The van der Waals surface area contributed by atoms with E-state index in [0.29, 0.717) is 6.42 Å². The van der Waals surface area contributed by atoms with E-state index in [-0.39, 0.29) is 17.7 Å². The van der Waals surface area contributed by atoms with Crippen molar-refractivity contribution in [1.29, 1.82) is 0 Å². The van der Waals surface area contributed by atoms with Crippen LogP contribution < -0.4 is 0 Å². The Balaban J connectivity index is 4.14. The molecule has 0 rings (SSSR count). The molecule has 86 valence electrons. The third-order valence-electron chi connectivity index (χ3n) is 2.00. The monoisotopic (exact) mass is 213 g/mol. The van der Waals surface area contributed by atoms with Crippen molar-refractivity contribution in [2.24, 2.45) is 5.41 Å². The van der Waals surface area contributed by atoms with Crippen LogP contribution in [0.3, 0.4) is 0 Å². The van der Waals surface area contributed by atoms with Crippen molar-refractivity contribution in [1.82, 2.24) is 4.90 Å². The topological polar surface area (TPSA) is 57.6 Å². The van der Waals surface area contributed by atoms with Crippen molar-refractivity contribution >= 4 is 11.9 Å². The van der Waals surface area contributed by atoms with Crippen LogP contribution in [-0.4, -0.2) is 36.0 Å². The highest BCUT2D eigenvalue weighted by molar-refractivity contribution is 5.87. The summed E-state index contributed by atoms with van der Waals surface area (Å²) in [5.41, 5.74) is -0.311. The molecule has 0 saturated carbocycles. The molecule has 0 saturated heterocycles. The van der Waals surface area contributed by atoms with Gasteiger partial charge in [-0.25, -0.2) is 0 Å². The molecule has 0 aliphatic rings. The molecule has 0 aromatic carbocycles. The van der Waals surface area contributed by atoms with Crippen molar-refractivity contribution < 1.29 is 14.7 Å². The van der Waals surface area contributed by atoms with Crippen molar-refractivity contribution in [2.75, 3.05) is 14.1 Å². The van der Waals surface area contributed by atoms with Crippen molar-refractivity contribution in [3.05, 3.63) is 12.2 Å². The fraction of sp³-hybridized carbons (Fsp3) is 0.636. The third kappa shape index (κ3) is 6.71. The van der Waals surface area contributed by atoms with Crippen LogP contribution in [0.5, 0.6) is 0 Å². The summed E-state index contributed by atoms with van der Waals surface area (Å²) in [6.45, 7) is 3.73. The van der Waals surface area contributed by atoms with E-state index in [0.717, 1.165) is 0 Å². The van der Waals surface area contributed by atoms with Crippen LogP contribution in [0, 0.1) is 5.41 Å². The molecule has 0 spiro atoms. The second kappa shape index (κ2) is 5.53. The average molecular weight is 213 g/mol. The fourth-order valence-electron chi connectivity index (χ4n) is 1.11. The number of likely N-dealkylation sites (N-methyl/N-ethyl adjacent to an activating group) is 1. The minimum absolute atomic E-state index is 0.0823. The number of carboxylic acid groups (broad SMARTS) is 1. The molecule has 0 radical (unpaired) electrons. The summed E-state index contributed by atoms with van der Waals surface area (Å²) >= 11 is 0. The lowest BCUT2D eigenvalue weighted by molar-refractivity contribution is -0.139. The molecule has 0 fully saturated rings. The summed E-state index contributed by atoms with van der Waals surface area (Å²) in [5, 5.41) is 8.65. The van der Waals surface area contributed by atoms with Crippen LogP contribution in [0.15, 0.2) is 12.2 Å². The number of hydrogen-bond donors (Lipinski definition) is 1. The Morgan fingerprint density at radius 2 is 1.87 bits per heavy atom. The van der Waals surface area contributed by atoms with E-state index in [9.17, 15) is 9.59 Å². The van der Waals surface area contributed by atoms with Crippen molar-refractivity contribution in [3.8, 4) is 0 Å². The van der Waals surface area contributed by atoms with Gasteiger partial charge in [-0.1, -0.05) is 19.9 Å².